The number of thioether (sulfide) groups is 1. The van der Waals surface area contributed by atoms with Gasteiger partial charge in [-0.2, -0.15) is 4.68 Å². The molecule has 114 valence electrons. The number of aryl methyl sites for hydroxylation is 1. The standard InChI is InChI=1S/C12H16BrN5O2S/c1-3-5-14-9-8(7-15-11(16-9)21-2)10-17-18(6-4-13)12(19)20-10/h7H,3-6H2,1-2H3,(H,14,15,16). The largest absolute Gasteiger partial charge is 0.437 e. The van der Waals surface area contributed by atoms with E-state index in [2.05, 4.69) is 43.2 Å². The molecule has 9 heteroatoms. The van der Waals surface area contributed by atoms with E-state index in [4.69, 9.17) is 4.42 Å². The van der Waals surface area contributed by atoms with Crippen LogP contribution in [0.5, 0.6) is 0 Å². The zero-order valence-electron chi connectivity index (χ0n) is 11.8. The second kappa shape index (κ2) is 7.60. The summed E-state index contributed by atoms with van der Waals surface area (Å²) in [5.41, 5.74) is 0.590. The van der Waals surface area contributed by atoms with Crippen LogP contribution in [-0.4, -0.2) is 37.9 Å². The number of rotatable bonds is 7. The first-order chi connectivity index (χ1) is 10.2. The summed E-state index contributed by atoms with van der Waals surface area (Å²) in [4.78, 5) is 20.3. The number of aromatic nitrogens is 4. The van der Waals surface area contributed by atoms with Crippen LogP contribution in [0.4, 0.5) is 5.82 Å². The van der Waals surface area contributed by atoms with Gasteiger partial charge < -0.3 is 9.73 Å². The van der Waals surface area contributed by atoms with Crippen LogP contribution in [0.1, 0.15) is 13.3 Å². The predicted octanol–water partition coefficient (Wildman–Crippen LogP) is 2.23. The van der Waals surface area contributed by atoms with Crippen molar-refractivity contribution in [3.8, 4) is 11.5 Å². The Morgan fingerprint density at radius 2 is 2.33 bits per heavy atom. The molecule has 0 radical (unpaired) electrons. The van der Waals surface area contributed by atoms with Gasteiger partial charge in [-0.3, -0.25) is 0 Å². The lowest BCUT2D eigenvalue weighted by molar-refractivity contribution is 0.491. The molecule has 0 spiro atoms. The van der Waals surface area contributed by atoms with Crippen LogP contribution in [0.15, 0.2) is 20.6 Å². The average Bonchev–Trinajstić information content (AvgIpc) is 2.86. The van der Waals surface area contributed by atoms with E-state index in [1.807, 2.05) is 6.26 Å². The van der Waals surface area contributed by atoms with Crippen LogP contribution in [-0.2, 0) is 6.54 Å². The number of alkyl halides is 1. The Bertz CT molecular complexity index is 657. The van der Waals surface area contributed by atoms with Crippen molar-refractivity contribution in [2.75, 3.05) is 23.4 Å². The van der Waals surface area contributed by atoms with E-state index < -0.39 is 5.76 Å². The molecule has 0 aliphatic heterocycles. The van der Waals surface area contributed by atoms with E-state index in [0.717, 1.165) is 13.0 Å². The summed E-state index contributed by atoms with van der Waals surface area (Å²) in [5.74, 6) is 0.371. The molecule has 0 aliphatic rings. The highest BCUT2D eigenvalue weighted by Gasteiger charge is 2.16. The summed E-state index contributed by atoms with van der Waals surface area (Å²) < 4.78 is 6.47. The molecular formula is C12H16BrN5O2S. The van der Waals surface area contributed by atoms with Gasteiger partial charge in [0.1, 0.15) is 5.82 Å². The minimum absolute atomic E-state index is 0.229. The third-order valence-corrected chi connectivity index (χ3v) is 3.54. The van der Waals surface area contributed by atoms with Crippen molar-refractivity contribution in [3.63, 3.8) is 0 Å². The number of halogens is 1. The second-order valence-electron chi connectivity index (χ2n) is 4.13. The molecule has 2 rings (SSSR count). The van der Waals surface area contributed by atoms with Gasteiger partial charge in [-0.25, -0.2) is 14.8 Å². The quantitative estimate of drug-likeness (QED) is 0.452. The number of nitrogens with one attached hydrogen (secondary N) is 1. The maximum absolute atomic E-state index is 11.7. The molecule has 7 nitrogen and oxygen atoms in total. The fourth-order valence-corrected chi connectivity index (χ4v) is 2.31. The number of nitrogens with zero attached hydrogens (tertiary/aromatic N) is 4. The topological polar surface area (TPSA) is 85.8 Å². The Labute approximate surface area is 134 Å². The van der Waals surface area contributed by atoms with Gasteiger partial charge in [-0.1, -0.05) is 34.6 Å². The van der Waals surface area contributed by atoms with E-state index in [0.29, 0.717) is 28.4 Å². The summed E-state index contributed by atoms with van der Waals surface area (Å²) in [6.07, 6.45) is 4.49. The highest BCUT2D eigenvalue weighted by atomic mass is 79.9. The third-order valence-electron chi connectivity index (χ3n) is 2.62. The van der Waals surface area contributed by atoms with Crippen LogP contribution in [0, 0.1) is 0 Å². The smallest absolute Gasteiger partial charge is 0.387 e. The normalized spacial score (nSPS) is 10.8. The van der Waals surface area contributed by atoms with E-state index >= 15 is 0 Å². The Hall–Kier alpha value is -1.35. The molecule has 0 aromatic carbocycles. The Balaban J connectivity index is 2.41. The molecule has 2 heterocycles. The predicted molar refractivity (Wildman–Crippen MR) is 86.1 cm³/mol. The molecule has 21 heavy (non-hydrogen) atoms. The Kier molecular flexibility index (Phi) is 5.80. The molecule has 0 fully saturated rings. The molecule has 1 N–H and O–H groups in total. The van der Waals surface area contributed by atoms with Crippen molar-refractivity contribution >= 4 is 33.5 Å². The lowest BCUT2D eigenvalue weighted by Crippen LogP contribution is -2.16. The van der Waals surface area contributed by atoms with Crippen molar-refractivity contribution in [1.82, 2.24) is 19.7 Å². The molecule has 2 aromatic rings. The summed E-state index contributed by atoms with van der Waals surface area (Å²) in [6, 6.07) is 0. The Morgan fingerprint density at radius 1 is 1.52 bits per heavy atom. The molecule has 0 aliphatic carbocycles. The summed E-state index contributed by atoms with van der Waals surface area (Å²) >= 11 is 4.72. The minimum atomic E-state index is -0.486. The van der Waals surface area contributed by atoms with Gasteiger partial charge in [-0.05, 0) is 12.7 Å². The van der Waals surface area contributed by atoms with E-state index in [1.165, 1.54) is 16.4 Å². The van der Waals surface area contributed by atoms with Crippen LogP contribution in [0.3, 0.4) is 0 Å². The van der Waals surface area contributed by atoms with Crippen molar-refractivity contribution in [1.29, 1.82) is 0 Å². The van der Waals surface area contributed by atoms with Gasteiger partial charge in [0.15, 0.2) is 5.16 Å². The minimum Gasteiger partial charge on any atom is -0.387 e. The summed E-state index contributed by atoms with van der Waals surface area (Å²) in [5, 5.41) is 8.67. The molecule has 2 aromatic heterocycles. The second-order valence-corrected chi connectivity index (χ2v) is 5.70. The van der Waals surface area contributed by atoms with Gasteiger partial charge in [0, 0.05) is 18.1 Å². The van der Waals surface area contributed by atoms with Crippen LogP contribution in [0.25, 0.3) is 11.5 Å². The number of hydrogen-bond donors (Lipinski definition) is 1. The van der Waals surface area contributed by atoms with E-state index in [9.17, 15) is 4.79 Å². The van der Waals surface area contributed by atoms with Crippen LogP contribution >= 0.6 is 27.7 Å². The van der Waals surface area contributed by atoms with Crippen LogP contribution < -0.4 is 11.1 Å². The van der Waals surface area contributed by atoms with Crippen LogP contribution in [0.2, 0.25) is 0 Å². The van der Waals surface area contributed by atoms with E-state index in [1.54, 1.807) is 6.20 Å². The van der Waals surface area contributed by atoms with Crippen molar-refractivity contribution in [2.45, 2.75) is 25.0 Å². The van der Waals surface area contributed by atoms with Crippen molar-refractivity contribution in [2.24, 2.45) is 0 Å². The zero-order valence-corrected chi connectivity index (χ0v) is 14.2. The Morgan fingerprint density at radius 3 is 3.00 bits per heavy atom. The monoisotopic (exact) mass is 373 g/mol. The van der Waals surface area contributed by atoms with Gasteiger partial charge in [0.05, 0.1) is 12.1 Å². The highest BCUT2D eigenvalue weighted by Crippen LogP contribution is 2.25. The highest BCUT2D eigenvalue weighted by molar-refractivity contribution is 9.09. The molecule has 0 saturated heterocycles. The first-order valence-electron chi connectivity index (χ1n) is 6.48. The zero-order chi connectivity index (χ0) is 15.2. The fraction of sp³-hybridized carbons (Fsp3) is 0.500. The third kappa shape index (κ3) is 3.85. The maximum Gasteiger partial charge on any atom is 0.437 e. The molecule has 0 amide bonds. The van der Waals surface area contributed by atoms with Gasteiger partial charge >= 0.3 is 5.76 Å². The average molecular weight is 374 g/mol. The van der Waals surface area contributed by atoms with Crippen molar-refractivity contribution < 1.29 is 4.42 Å². The van der Waals surface area contributed by atoms with E-state index in [-0.39, 0.29) is 5.89 Å². The first-order valence-corrected chi connectivity index (χ1v) is 8.83. The van der Waals surface area contributed by atoms with Crippen molar-refractivity contribution in [3.05, 3.63) is 16.7 Å². The molecule has 0 atom stereocenters. The molecular weight excluding hydrogens is 358 g/mol. The fourth-order valence-electron chi connectivity index (χ4n) is 1.64. The molecule has 0 saturated carbocycles. The van der Waals surface area contributed by atoms with Gasteiger partial charge in [-0.15, -0.1) is 5.10 Å². The lowest BCUT2D eigenvalue weighted by atomic mass is 10.3. The summed E-state index contributed by atoms with van der Waals surface area (Å²) in [7, 11) is 0. The molecule has 0 bridgehead atoms. The number of hydrogen-bond acceptors (Lipinski definition) is 7. The summed E-state index contributed by atoms with van der Waals surface area (Å²) in [6.45, 7) is 3.28. The first kappa shape index (κ1) is 16.0. The van der Waals surface area contributed by atoms with Gasteiger partial charge in [0.25, 0.3) is 5.89 Å². The number of anilines is 1. The lowest BCUT2D eigenvalue weighted by Gasteiger charge is -2.08. The van der Waals surface area contributed by atoms with Gasteiger partial charge in [0.2, 0.25) is 0 Å². The molecule has 0 unspecified atom stereocenters. The maximum atomic E-state index is 11.7. The SMILES string of the molecule is CCCNc1nc(SC)ncc1-c1nn(CCBr)c(=O)o1.